The van der Waals surface area contributed by atoms with E-state index >= 15 is 0 Å². The molecule has 0 fully saturated rings. The summed E-state index contributed by atoms with van der Waals surface area (Å²) < 4.78 is 32.2. The van der Waals surface area contributed by atoms with Gasteiger partial charge in [-0.3, -0.25) is 14.9 Å². The largest absolute Gasteiger partial charge is 0.466 e. The van der Waals surface area contributed by atoms with E-state index in [0.29, 0.717) is 6.42 Å². The first kappa shape index (κ1) is 18.8. The van der Waals surface area contributed by atoms with Gasteiger partial charge in [-0.1, -0.05) is 18.2 Å². The van der Waals surface area contributed by atoms with E-state index in [1.54, 1.807) is 6.92 Å². The highest BCUT2D eigenvalue weighted by molar-refractivity contribution is 7.89. The number of ether oxygens (including phenoxy) is 1. The Balaban J connectivity index is 2.21. The Morgan fingerprint density at radius 3 is 2.56 bits per heavy atom. The Morgan fingerprint density at radius 1 is 1.20 bits per heavy atom. The third-order valence-electron chi connectivity index (χ3n) is 3.50. The maximum atomic E-state index is 12.5. The number of fused-ring (bicyclic) bond motifs is 1. The molecule has 2 rings (SSSR count). The lowest BCUT2D eigenvalue weighted by Gasteiger charge is -2.09. The van der Waals surface area contributed by atoms with E-state index in [-0.39, 0.29) is 46.9 Å². The molecule has 0 unspecified atom stereocenters. The summed E-state index contributed by atoms with van der Waals surface area (Å²) in [5, 5.41) is 11.6. The van der Waals surface area contributed by atoms with Gasteiger partial charge in [0, 0.05) is 24.4 Å². The lowest BCUT2D eigenvalue weighted by atomic mass is 10.1. The molecule has 0 atom stereocenters. The van der Waals surface area contributed by atoms with Gasteiger partial charge in [0.1, 0.15) is 0 Å². The number of nitro benzene ring substituents is 1. The third kappa shape index (κ3) is 4.52. The van der Waals surface area contributed by atoms with Crippen LogP contribution in [0.25, 0.3) is 10.8 Å². The van der Waals surface area contributed by atoms with Gasteiger partial charge in [0.2, 0.25) is 10.0 Å². The van der Waals surface area contributed by atoms with E-state index in [2.05, 4.69) is 4.72 Å². The monoisotopic (exact) mass is 366 g/mol. The van der Waals surface area contributed by atoms with E-state index in [4.69, 9.17) is 4.74 Å². The summed E-state index contributed by atoms with van der Waals surface area (Å²) in [7, 11) is -3.86. The van der Waals surface area contributed by atoms with Crippen molar-refractivity contribution < 1.29 is 22.9 Å². The molecule has 0 aromatic heterocycles. The number of nitro groups is 1. The Hall–Kier alpha value is -2.52. The molecule has 0 amide bonds. The zero-order chi connectivity index (χ0) is 18.4. The highest BCUT2D eigenvalue weighted by Gasteiger charge is 2.20. The van der Waals surface area contributed by atoms with E-state index in [0.717, 1.165) is 0 Å². The van der Waals surface area contributed by atoms with Crippen LogP contribution in [0.5, 0.6) is 0 Å². The summed E-state index contributed by atoms with van der Waals surface area (Å²) in [5.74, 6) is -0.387. The summed E-state index contributed by atoms with van der Waals surface area (Å²) >= 11 is 0. The fourth-order valence-electron chi connectivity index (χ4n) is 2.41. The maximum Gasteiger partial charge on any atom is 0.305 e. The van der Waals surface area contributed by atoms with Crippen LogP contribution in [0.1, 0.15) is 19.8 Å². The molecule has 0 bridgehead atoms. The first-order valence-corrected chi connectivity index (χ1v) is 9.16. The van der Waals surface area contributed by atoms with Crippen molar-refractivity contribution in [2.75, 3.05) is 13.2 Å². The van der Waals surface area contributed by atoms with Crippen LogP contribution in [0.15, 0.2) is 41.3 Å². The van der Waals surface area contributed by atoms with Crippen molar-refractivity contribution >= 4 is 32.5 Å². The van der Waals surface area contributed by atoms with E-state index < -0.39 is 14.9 Å². The number of carbonyl (C=O) groups excluding carboxylic acids is 1. The van der Waals surface area contributed by atoms with Gasteiger partial charge in [-0.15, -0.1) is 0 Å². The van der Waals surface area contributed by atoms with Gasteiger partial charge in [0.25, 0.3) is 5.69 Å². The molecular weight excluding hydrogens is 348 g/mol. The average Bonchev–Trinajstić information content (AvgIpc) is 2.57. The lowest BCUT2D eigenvalue weighted by Crippen LogP contribution is -2.25. The van der Waals surface area contributed by atoms with Crippen LogP contribution in [0.4, 0.5) is 5.69 Å². The molecule has 0 saturated heterocycles. The molecule has 0 radical (unpaired) electrons. The summed E-state index contributed by atoms with van der Waals surface area (Å²) in [4.78, 5) is 21.8. The van der Waals surface area contributed by atoms with Gasteiger partial charge in [-0.25, -0.2) is 13.1 Å². The Bertz CT molecular complexity index is 895. The van der Waals surface area contributed by atoms with Gasteiger partial charge < -0.3 is 4.74 Å². The molecule has 25 heavy (non-hydrogen) atoms. The van der Waals surface area contributed by atoms with Crippen LogP contribution in [0.3, 0.4) is 0 Å². The summed E-state index contributed by atoms with van der Waals surface area (Å²) in [5.41, 5.74) is -0.156. The zero-order valence-electron chi connectivity index (χ0n) is 13.6. The minimum atomic E-state index is -3.86. The molecule has 0 aliphatic rings. The number of rotatable bonds is 8. The van der Waals surface area contributed by atoms with Gasteiger partial charge >= 0.3 is 5.97 Å². The predicted octanol–water partition coefficient (Wildman–Crippen LogP) is 2.37. The minimum absolute atomic E-state index is 0.0372. The molecule has 0 aliphatic heterocycles. The number of esters is 1. The minimum Gasteiger partial charge on any atom is -0.466 e. The second kappa shape index (κ2) is 8.04. The molecule has 0 aliphatic carbocycles. The first-order valence-electron chi connectivity index (χ1n) is 7.68. The Labute approximate surface area is 145 Å². The fraction of sp³-hybridized carbons (Fsp3) is 0.312. The number of benzene rings is 2. The molecule has 2 aromatic carbocycles. The molecule has 2 aromatic rings. The average molecular weight is 366 g/mol. The van der Waals surface area contributed by atoms with Crippen molar-refractivity contribution in [1.82, 2.24) is 4.72 Å². The number of carbonyl (C=O) groups is 1. The zero-order valence-corrected chi connectivity index (χ0v) is 14.4. The smallest absolute Gasteiger partial charge is 0.305 e. The summed E-state index contributed by atoms with van der Waals surface area (Å²) in [6.45, 7) is 2.03. The second-order valence-corrected chi connectivity index (χ2v) is 6.93. The molecule has 0 spiro atoms. The van der Waals surface area contributed by atoms with Crippen LogP contribution < -0.4 is 4.72 Å². The fourth-order valence-corrected chi connectivity index (χ4v) is 3.70. The molecule has 1 N–H and O–H groups in total. The summed E-state index contributed by atoms with van der Waals surface area (Å²) in [6.07, 6.45) is 0.403. The standard InChI is InChI=1S/C16H18N2O6S/c1-2-24-16(19)10-5-11-17-25(22,23)15-9-4-6-12-13(15)7-3-8-14(12)18(20)21/h3-4,6-9,17H,2,5,10-11H2,1H3. The van der Waals surface area contributed by atoms with Gasteiger partial charge in [-0.2, -0.15) is 0 Å². The van der Waals surface area contributed by atoms with Crippen LogP contribution >= 0.6 is 0 Å². The van der Waals surface area contributed by atoms with Crippen LogP contribution in [-0.4, -0.2) is 32.5 Å². The Morgan fingerprint density at radius 2 is 1.88 bits per heavy atom. The molecule has 8 nitrogen and oxygen atoms in total. The first-order chi connectivity index (χ1) is 11.9. The number of hydrogen-bond acceptors (Lipinski definition) is 6. The number of non-ortho nitro benzene ring substituents is 1. The molecule has 0 heterocycles. The van der Waals surface area contributed by atoms with Gasteiger partial charge in [-0.05, 0) is 25.5 Å². The Kier molecular flexibility index (Phi) is 6.05. The molecular formula is C16H18N2O6S. The molecule has 9 heteroatoms. The van der Waals surface area contributed by atoms with Crippen molar-refractivity contribution in [2.24, 2.45) is 0 Å². The lowest BCUT2D eigenvalue weighted by molar-refractivity contribution is -0.383. The predicted molar refractivity (Wildman–Crippen MR) is 91.7 cm³/mol. The van der Waals surface area contributed by atoms with E-state index in [9.17, 15) is 23.3 Å². The normalized spacial score (nSPS) is 11.4. The number of nitrogens with zero attached hydrogens (tertiary/aromatic N) is 1. The quantitative estimate of drug-likeness (QED) is 0.332. The number of nitrogens with one attached hydrogen (secondary N) is 1. The summed E-state index contributed by atoms with van der Waals surface area (Å²) in [6, 6.07) is 8.65. The van der Waals surface area contributed by atoms with Crippen molar-refractivity contribution in [3.05, 3.63) is 46.5 Å². The van der Waals surface area contributed by atoms with Gasteiger partial charge in [0.15, 0.2) is 0 Å². The van der Waals surface area contributed by atoms with Crippen molar-refractivity contribution in [2.45, 2.75) is 24.7 Å². The van der Waals surface area contributed by atoms with Crippen LogP contribution in [0.2, 0.25) is 0 Å². The topological polar surface area (TPSA) is 116 Å². The highest BCUT2D eigenvalue weighted by Crippen LogP contribution is 2.29. The third-order valence-corrected chi connectivity index (χ3v) is 5.02. The van der Waals surface area contributed by atoms with E-state index in [1.807, 2.05) is 0 Å². The maximum absolute atomic E-state index is 12.5. The number of hydrogen-bond donors (Lipinski definition) is 1. The highest BCUT2D eigenvalue weighted by atomic mass is 32.2. The number of sulfonamides is 1. The van der Waals surface area contributed by atoms with Crippen LogP contribution in [0, 0.1) is 10.1 Å². The SMILES string of the molecule is CCOC(=O)CCCNS(=O)(=O)c1cccc2c([N+](=O)[O-])cccc12. The van der Waals surface area contributed by atoms with Crippen molar-refractivity contribution in [1.29, 1.82) is 0 Å². The molecule has 134 valence electrons. The van der Waals surface area contributed by atoms with Gasteiger partial charge in [0.05, 0.1) is 21.8 Å². The van der Waals surface area contributed by atoms with Crippen molar-refractivity contribution in [3.63, 3.8) is 0 Å². The van der Waals surface area contributed by atoms with E-state index in [1.165, 1.54) is 36.4 Å². The second-order valence-electron chi connectivity index (χ2n) is 5.19. The van der Waals surface area contributed by atoms with Crippen LogP contribution in [-0.2, 0) is 19.6 Å². The molecule has 0 saturated carbocycles. The van der Waals surface area contributed by atoms with Crippen molar-refractivity contribution in [3.8, 4) is 0 Å².